The molecule has 2 rings (SSSR count). The molecule has 0 saturated carbocycles. The molecule has 0 bridgehead atoms. The number of fused-ring (bicyclic) bond motifs is 1. The maximum Gasteiger partial charge on any atom is 0.317 e. The molecule has 5 heteroatoms. The van der Waals surface area contributed by atoms with Crippen molar-refractivity contribution in [2.75, 3.05) is 13.6 Å². The summed E-state index contributed by atoms with van der Waals surface area (Å²) in [5.74, 6) is 0.757. The molecule has 1 aromatic carbocycles. The van der Waals surface area contributed by atoms with Crippen molar-refractivity contribution >= 4 is 17.0 Å². The zero-order chi connectivity index (χ0) is 17.0. The molecule has 23 heavy (non-hydrogen) atoms. The first-order chi connectivity index (χ1) is 10.8. The Morgan fingerprint density at radius 1 is 1.39 bits per heavy atom. The van der Waals surface area contributed by atoms with E-state index in [-0.39, 0.29) is 17.6 Å². The van der Waals surface area contributed by atoms with Crippen LogP contribution < -0.4 is 5.32 Å². The molecular weight excluding hydrogens is 292 g/mol. The van der Waals surface area contributed by atoms with Gasteiger partial charge in [-0.1, -0.05) is 32.0 Å². The molecule has 0 radical (unpaired) electrons. The standard InChI is InChI=1S/C18H26N2O3/c1-13(21)10-18(2,3)12-19-17(22)20(4)11-15-9-14-7-5-6-8-16(14)23-15/h5-9,13,21H,10-12H2,1-4H3,(H,19,22). The van der Waals surface area contributed by atoms with Crippen LogP contribution in [-0.2, 0) is 6.54 Å². The summed E-state index contributed by atoms with van der Waals surface area (Å²) in [5.41, 5.74) is 0.679. The highest BCUT2D eigenvalue weighted by molar-refractivity contribution is 5.78. The number of nitrogens with one attached hydrogen (secondary N) is 1. The van der Waals surface area contributed by atoms with Crippen LogP contribution in [0, 0.1) is 5.41 Å². The van der Waals surface area contributed by atoms with Crippen molar-refractivity contribution in [3.05, 3.63) is 36.1 Å². The lowest BCUT2D eigenvalue weighted by Crippen LogP contribution is -2.42. The highest BCUT2D eigenvalue weighted by Gasteiger charge is 2.22. The normalized spacial score (nSPS) is 13.1. The van der Waals surface area contributed by atoms with E-state index in [1.165, 1.54) is 0 Å². The van der Waals surface area contributed by atoms with Gasteiger partial charge in [0.1, 0.15) is 11.3 Å². The minimum absolute atomic E-state index is 0.149. The number of hydrogen-bond acceptors (Lipinski definition) is 3. The van der Waals surface area contributed by atoms with Crippen LogP contribution >= 0.6 is 0 Å². The molecule has 2 N–H and O–H groups in total. The minimum atomic E-state index is -0.379. The third kappa shape index (κ3) is 4.99. The van der Waals surface area contributed by atoms with Gasteiger partial charge in [0, 0.05) is 19.0 Å². The summed E-state index contributed by atoms with van der Waals surface area (Å²) in [5, 5.41) is 13.4. The molecule has 2 amide bonds. The number of nitrogens with zero attached hydrogens (tertiary/aromatic N) is 1. The molecule has 0 aliphatic rings. The van der Waals surface area contributed by atoms with Crippen molar-refractivity contribution in [1.82, 2.24) is 10.2 Å². The molecule has 1 unspecified atom stereocenters. The Kier molecular flexibility index (Phi) is 5.31. The van der Waals surface area contributed by atoms with Crippen LogP contribution in [0.1, 0.15) is 33.0 Å². The Morgan fingerprint density at radius 2 is 2.09 bits per heavy atom. The molecule has 126 valence electrons. The maximum atomic E-state index is 12.2. The number of hydrogen-bond donors (Lipinski definition) is 2. The van der Waals surface area contributed by atoms with Crippen LogP contribution in [-0.4, -0.2) is 35.7 Å². The predicted octanol–water partition coefficient (Wildman–Crippen LogP) is 3.37. The molecule has 0 aliphatic carbocycles. The van der Waals surface area contributed by atoms with Gasteiger partial charge in [0.2, 0.25) is 0 Å². The van der Waals surface area contributed by atoms with Crippen LogP contribution in [0.3, 0.4) is 0 Å². The SMILES string of the molecule is CC(O)CC(C)(C)CNC(=O)N(C)Cc1cc2ccccc2o1. The van der Waals surface area contributed by atoms with Gasteiger partial charge in [0.15, 0.2) is 0 Å². The Morgan fingerprint density at radius 3 is 2.74 bits per heavy atom. The first kappa shape index (κ1) is 17.3. The Labute approximate surface area is 137 Å². The summed E-state index contributed by atoms with van der Waals surface area (Å²) in [6.07, 6.45) is 0.260. The quantitative estimate of drug-likeness (QED) is 0.858. The molecule has 0 fully saturated rings. The van der Waals surface area contributed by atoms with E-state index < -0.39 is 0 Å². The van der Waals surface area contributed by atoms with Gasteiger partial charge < -0.3 is 19.7 Å². The van der Waals surface area contributed by atoms with Crippen molar-refractivity contribution in [1.29, 1.82) is 0 Å². The van der Waals surface area contributed by atoms with Crippen LogP contribution in [0.25, 0.3) is 11.0 Å². The van der Waals surface area contributed by atoms with Gasteiger partial charge in [-0.25, -0.2) is 4.79 Å². The van der Waals surface area contributed by atoms with Gasteiger partial charge in [-0.2, -0.15) is 0 Å². The first-order valence-corrected chi connectivity index (χ1v) is 7.91. The molecule has 0 saturated heterocycles. The van der Waals surface area contributed by atoms with E-state index in [9.17, 15) is 9.90 Å². The van der Waals surface area contributed by atoms with E-state index in [1.807, 2.05) is 44.2 Å². The molecule has 1 atom stereocenters. The van der Waals surface area contributed by atoms with Gasteiger partial charge in [0.05, 0.1) is 12.6 Å². The fourth-order valence-corrected chi connectivity index (χ4v) is 2.74. The average molecular weight is 318 g/mol. The lowest BCUT2D eigenvalue weighted by atomic mass is 9.87. The van der Waals surface area contributed by atoms with E-state index in [4.69, 9.17) is 4.42 Å². The lowest BCUT2D eigenvalue weighted by Gasteiger charge is -2.27. The maximum absolute atomic E-state index is 12.2. The van der Waals surface area contributed by atoms with E-state index in [0.717, 1.165) is 16.7 Å². The van der Waals surface area contributed by atoms with Crippen LogP contribution in [0.15, 0.2) is 34.7 Å². The molecule has 1 aromatic heterocycles. The molecule has 5 nitrogen and oxygen atoms in total. The third-order valence-electron chi connectivity index (χ3n) is 3.78. The van der Waals surface area contributed by atoms with Crippen molar-refractivity contribution in [3.63, 3.8) is 0 Å². The number of urea groups is 1. The van der Waals surface area contributed by atoms with E-state index in [1.54, 1.807) is 18.9 Å². The summed E-state index contributed by atoms with van der Waals surface area (Å²) in [6, 6.07) is 9.59. The number of carbonyl (C=O) groups excluding carboxylic acids is 1. The van der Waals surface area contributed by atoms with Gasteiger partial charge in [0.25, 0.3) is 0 Å². The molecule has 2 aromatic rings. The molecule has 1 heterocycles. The van der Waals surface area contributed by atoms with Gasteiger partial charge in [-0.05, 0) is 30.9 Å². The van der Waals surface area contributed by atoms with E-state index >= 15 is 0 Å². The lowest BCUT2D eigenvalue weighted by molar-refractivity contribution is 0.127. The fourth-order valence-electron chi connectivity index (χ4n) is 2.74. The van der Waals surface area contributed by atoms with Crippen LogP contribution in [0.2, 0.25) is 0 Å². The van der Waals surface area contributed by atoms with Crippen LogP contribution in [0.4, 0.5) is 4.79 Å². The van der Waals surface area contributed by atoms with Gasteiger partial charge in [-0.3, -0.25) is 0 Å². The zero-order valence-corrected chi connectivity index (χ0v) is 14.3. The monoisotopic (exact) mass is 318 g/mol. The summed E-state index contributed by atoms with van der Waals surface area (Å²) in [4.78, 5) is 13.8. The predicted molar refractivity (Wildman–Crippen MR) is 91.2 cm³/mol. The summed E-state index contributed by atoms with van der Waals surface area (Å²) in [7, 11) is 1.74. The largest absolute Gasteiger partial charge is 0.459 e. The smallest absolute Gasteiger partial charge is 0.317 e. The number of para-hydroxylation sites is 1. The number of rotatable bonds is 6. The number of carbonyl (C=O) groups is 1. The molecule has 0 spiro atoms. The number of amides is 2. The molecular formula is C18H26N2O3. The van der Waals surface area contributed by atoms with Crippen molar-refractivity contribution < 1.29 is 14.3 Å². The second-order valence-corrected chi connectivity index (χ2v) is 6.98. The summed E-state index contributed by atoms with van der Waals surface area (Å²) >= 11 is 0. The second-order valence-electron chi connectivity index (χ2n) is 6.98. The highest BCUT2D eigenvalue weighted by atomic mass is 16.3. The fraction of sp³-hybridized carbons (Fsp3) is 0.500. The van der Waals surface area contributed by atoms with Gasteiger partial charge >= 0.3 is 6.03 Å². The van der Waals surface area contributed by atoms with Gasteiger partial charge in [-0.15, -0.1) is 0 Å². The third-order valence-corrected chi connectivity index (χ3v) is 3.78. The Bertz CT molecular complexity index is 628. The van der Waals surface area contributed by atoms with Crippen molar-refractivity contribution in [2.24, 2.45) is 5.41 Å². The van der Waals surface area contributed by atoms with Crippen molar-refractivity contribution in [2.45, 2.75) is 39.8 Å². The highest BCUT2D eigenvalue weighted by Crippen LogP contribution is 2.22. The number of benzene rings is 1. The number of furan rings is 1. The minimum Gasteiger partial charge on any atom is -0.459 e. The zero-order valence-electron chi connectivity index (χ0n) is 14.3. The number of aliphatic hydroxyl groups excluding tert-OH is 1. The van der Waals surface area contributed by atoms with Crippen LogP contribution in [0.5, 0.6) is 0 Å². The average Bonchev–Trinajstić information content (AvgIpc) is 2.85. The summed E-state index contributed by atoms with van der Waals surface area (Å²) < 4.78 is 5.73. The second kappa shape index (κ2) is 7.04. The Hall–Kier alpha value is -2.01. The van der Waals surface area contributed by atoms with E-state index in [2.05, 4.69) is 5.32 Å². The first-order valence-electron chi connectivity index (χ1n) is 7.91. The van der Waals surface area contributed by atoms with Crippen molar-refractivity contribution in [3.8, 4) is 0 Å². The van der Waals surface area contributed by atoms with E-state index in [0.29, 0.717) is 19.5 Å². The Balaban J connectivity index is 1.89. The topological polar surface area (TPSA) is 65.7 Å². The number of aliphatic hydroxyl groups is 1. The summed E-state index contributed by atoms with van der Waals surface area (Å²) in [6.45, 7) is 6.74. The molecule has 0 aliphatic heterocycles.